The second-order valence-electron chi connectivity index (χ2n) is 16.4. The summed E-state index contributed by atoms with van der Waals surface area (Å²) >= 11 is 0. The molecule has 0 aliphatic rings. The molecule has 0 saturated heterocycles. The van der Waals surface area contributed by atoms with Crippen molar-refractivity contribution in [2.45, 2.75) is 174 Å². The summed E-state index contributed by atoms with van der Waals surface area (Å²) in [7, 11) is -2.42. The van der Waals surface area contributed by atoms with Crippen LogP contribution >= 0.6 is 0 Å². The molecule has 0 aromatic heterocycles. The number of aliphatic imine (C=N–C) groups is 2. The molecule has 4 heteroatoms. The number of unbranched alkanes of at least 4 members (excludes halogenated alkanes) is 14. The van der Waals surface area contributed by atoms with Crippen molar-refractivity contribution in [3.05, 3.63) is 71.8 Å². The van der Waals surface area contributed by atoms with Gasteiger partial charge < -0.3 is 0 Å². The maximum Gasteiger partial charge on any atom is 0.0848 e. The highest BCUT2D eigenvalue weighted by molar-refractivity contribution is 6.75. The first-order valence-corrected chi connectivity index (χ1v) is 26.9. The van der Waals surface area contributed by atoms with Crippen LogP contribution in [0.15, 0.2) is 70.7 Å². The van der Waals surface area contributed by atoms with Crippen LogP contribution in [0, 0.1) is 0 Å². The Balaban J connectivity index is 2.19. The summed E-state index contributed by atoms with van der Waals surface area (Å²) in [6.45, 7) is 19.3. The number of benzene rings is 2. The lowest BCUT2D eigenvalue weighted by molar-refractivity contribution is 0.545. The van der Waals surface area contributed by atoms with Crippen molar-refractivity contribution in [2.24, 2.45) is 9.98 Å². The van der Waals surface area contributed by atoms with Gasteiger partial charge in [0.1, 0.15) is 0 Å². The molecule has 0 radical (unpaired) electrons. The molecule has 0 spiro atoms. The monoisotopic (exact) mass is 673 g/mol. The third kappa shape index (κ3) is 20.8. The summed E-state index contributed by atoms with van der Waals surface area (Å²) in [5, 5.41) is 0. The van der Waals surface area contributed by atoms with E-state index < -0.39 is 16.1 Å². The van der Waals surface area contributed by atoms with Crippen molar-refractivity contribution in [3.8, 4) is 0 Å². The van der Waals surface area contributed by atoms with Crippen LogP contribution in [0.5, 0.6) is 0 Å². The van der Waals surface area contributed by atoms with Gasteiger partial charge in [0.15, 0.2) is 0 Å². The molecule has 0 aliphatic heterocycles. The highest BCUT2D eigenvalue weighted by Crippen LogP contribution is 2.23. The van der Waals surface area contributed by atoms with Crippen molar-refractivity contribution in [2.75, 3.05) is 0 Å². The molecule has 2 nitrogen and oxygen atoms in total. The number of hydrogen-bond donors (Lipinski definition) is 0. The van der Waals surface area contributed by atoms with Crippen LogP contribution < -0.4 is 0 Å². The average Bonchev–Trinajstić information content (AvgIpc) is 2.99. The van der Waals surface area contributed by atoms with Crippen molar-refractivity contribution in [1.29, 1.82) is 0 Å². The molecule has 0 aliphatic carbocycles. The first kappa shape index (κ1) is 41.1. The smallest absolute Gasteiger partial charge is 0.0848 e. The molecule has 0 fully saturated rings. The maximum atomic E-state index is 5.34. The summed E-state index contributed by atoms with van der Waals surface area (Å²) in [5.74, 6) is 0. The Labute approximate surface area is 294 Å². The van der Waals surface area contributed by atoms with E-state index in [1.165, 1.54) is 113 Å². The largest absolute Gasteiger partial charge is 0.251 e. The van der Waals surface area contributed by atoms with Crippen LogP contribution in [0.2, 0.25) is 39.3 Å². The van der Waals surface area contributed by atoms with E-state index in [1.807, 2.05) is 0 Å². The van der Waals surface area contributed by atoms with Crippen LogP contribution in [0.3, 0.4) is 0 Å². The van der Waals surface area contributed by atoms with Crippen molar-refractivity contribution < 1.29 is 0 Å². The fourth-order valence-electron chi connectivity index (χ4n) is 6.27. The van der Waals surface area contributed by atoms with Gasteiger partial charge in [-0.1, -0.05) is 167 Å². The minimum atomic E-state index is -1.22. The first-order chi connectivity index (χ1) is 22.5. The normalized spacial score (nSPS) is 13.2. The van der Waals surface area contributed by atoms with Gasteiger partial charge >= 0.3 is 0 Å². The lowest BCUT2D eigenvalue weighted by atomic mass is 10.0. The molecule has 2 aromatic carbocycles. The maximum absolute atomic E-state index is 5.34. The predicted octanol–water partition coefficient (Wildman–Crippen LogP) is 14.6. The van der Waals surface area contributed by atoms with Gasteiger partial charge in [-0.25, -0.2) is 4.99 Å². The quantitative estimate of drug-likeness (QED) is 0.0570. The minimum absolute atomic E-state index is 0.961. The van der Waals surface area contributed by atoms with Gasteiger partial charge in [-0.05, 0) is 79.2 Å². The van der Waals surface area contributed by atoms with E-state index >= 15 is 0 Å². The molecular formula is C43H72N2Si2. The Bertz CT molecular complexity index is 1210. The Hall–Kier alpha value is -2.05. The predicted molar refractivity (Wildman–Crippen MR) is 220 cm³/mol. The SMILES string of the molecule is CCCCCCCCCCCCCCC=CC(=Nc1cccc(C[Si](C)(C)C)c1)C(CCCCC)=Nc1cccc(C[Si](C)(C)C)c1. The molecule has 0 N–H and O–H groups in total. The van der Waals surface area contributed by atoms with E-state index in [0.29, 0.717) is 0 Å². The Morgan fingerprint density at radius 1 is 0.553 bits per heavy atom. The highest BCUT2D eigenvalue weighted by atomic mass is 28.3. The molecule has 0 atom stereocenters. The molecule has 0 bridgehead atoms. The zero-order valence-electron chi connectivity index (χ0n) is 32.1. The van der Waals surface area contributed by atoms with E-state index in [2.05, 4.69) is 114 Å². The molecule has 262 valence electrons. The van der Waals surface area contributed by atoms with Crippen molar-refractivity contribution >= 4 is 38.9 Å². The number of allylic oxidation sites excluding steroid dienone is 2. The van der Waals surface area contributed by atoms with Gasteiger partial charge in [-0.3, -0.25) is 4.99 Å². The zero-order valence-corrected chi connectivity index (χ0v) is 34.1. The number of rotatable bonds is 25. The lowest BCUT2D eigenvalue weighted by Crippen LogP contribution is -2.23. The molecule has 0 amide bonds. The second-order valence-corrected chi connectivity index (χ2v) is 27.4. The molecule has 0 unspecified atom stereocenters. The highest BCUT2D eigenvalue weighted by Gasteiger charge is 2.16. The average molecular weight is 673 g/mol. The second kappa shape index (κ2) is 23.3. The topological polar surface area (TPSA) is 24.7 Å². The summed E-state index contributed by atoms with van der Waals surface area (Å²) in [5.41, 5.74) is 7.13. The fourth-order valence-corrected chi connectivity index (χ4v) is 9.16. The zero-order chi connectivity index (χ0) is 34.4. The number of nitrogens with zero attached hydrogens (tertiary/aromatic N) is 2. The van der Waals surface area contributed by atoms with Gasteiger partial charge in [0.05, 0.1) is 22.8 Å². The standard InChI is InChI=1S/C43H72N2Si2/c1-9-11-13-14-15-16-17-18-19-20-21-22-23-25-33-43(45-41-31-27-29-39(35-41)37-47(6,7)8)42(32-24-12-10-2)44-40-30-26-28-38(34-40)36-46(3,4)5/h25-31,33-35H,9-24,32,36-37H2,1-8H3. The molecule has 2 rings (SSSR count). The summed E-state index contributed by atoms with van der Waals surface area (Å²) in [6, 6.07) is 20.3. The van der Waals surface area contributed by atoms with Crippen LogP contribution in [-0.4, -0.2) is 27.6 Å². The molecule has 47 heavy (non-hydrogen) atoms. The first-order valence-electron chi connectivity index (χ1n) is 19.5. The number of hydrogen-bond acceptors (Lipinski definition) is 2. The minimum Gasteiger partial charge on any atom is -0.251 e. The van der Waals surface area contributed by atoms with Crippen LogP contribution in [0.4, 0.5) is 11.4 Å². The van der Waals surface area contributed by atoms with Crippen LogP contribution in [0.1, 0.15) is 134 Å². The molecular weight excluding hydrogens is 601 g/mol. The Kier molecular flexibility index (Phi) is 20.4. The van der Waals surface area contributed by atoms with E-state index in [-0.39, 0.29) is 0 Å². The molecule has 2 aromatic rings. The van der Waals surface area contributed by atoms with Gasteiger partial charge in [0.2, 0.25) is 0 Å². The van der Waals surface area contributed by atoms with Crippen LogP contribution in [-0.2, 0) is 12.1 Å². The molecule has 0 heterocycles. The van der Waals surface area contributed by atoms with E-state index in [1.54, 1.807) is 0 Å². The van der Waals surface area contributed by atoms with Gasteiger partial charge in [-0.2, -0.15) is 0 Å². The Morgan fingerprint density at radius 2 is 1.00 bits per heavy atom. The van der Waals surface area contributed by atoms with E-state index in [0.717, 1.165) is 42.1 Å². The van der Waals surface area contributed by atoms with E-state index in [9.17, 15) is 0 Å². The third-order valence-electron chi connectivity index (χ3n) is 8.62. The van der Waals surface area contributed by atoms with Crippen LogP contribution in [0.25, 0.3) is 0 Å². The fraction of sp³-hybridized carbons (Fsp3) is 0.628. The third-order valence-corrected chi connectivity index (χ3v) is 11.6. The van der Waals surface area contributed by atoms with Gasteiger partial charge in [0.25, 0.3) is 0 Å². The van der Waals surface area contributed by atoms with Crippen molar-refractivity contribution in [1.82, 2.24) is 0 Å². The Morgan fingerprint density at radius 3 is 1.49 bits per heavy atom. The molecule has 0 saturated carbocycles. The van der Waals surface area contributed by atoms with Crippen molar-refractivity contribution in [3.63, 3.8) is 0 Å². The summed E-state index contributed by atoms with van der Waals surface area (Å²) in [4.78, 5) is 10.7. The lowest BCUT2D eigenvalue weighted by Gasteiger charge is -2.16. The van der Waals surface area contributed by atoms with E-state index in [4.69, 9.17) is 9.98 Å². The summed E-state index contributed by atoms with van der Waals surface area (Å²) < 4.78 is 0. The van der Waals surface area contributed by atoms with Gasteiger partial charge in [-0.15, -0.1) is 0 Å². The van der Waals surface area contributed by atoms with Gasteiger partial charge in [0, 0.05) is 16.1 Å². The summed E-state index contributed by atoms with van der Waals surface area (Å²) in [6.07, 6.45) is 27.0.